The number of H-pyrrole nitrogens is 1. The molecule has 3 N–H and O–H groups in total. The summed E-state index contributed by atoms with van der Waals surface area (Å²) in [6, 6.07) is 13.6. The molecule has 1 aromatic carbocycles. The number of hydrogen-bond acceptors (Lipinski definition) is 6. The van der Waals surface area contributed by atoms with Crippen molar-refractivity contribution in [3.8, 4) is 22.6 Å². The number of amides is 1. The van der Waals surface area contributed by atoms with Crippen molar-refractivity contribution in [3.63, 3.8) is 0 Å². The number of nitrogens with one attached hydrogen (secondary N) is 3. The zero-order valence-electron chi connectivity index (χ0n) is 18.7. The van der Waals surface area contributed by atoms with Gasteiger partial charge in [0.25, 0.3) is 0 Å². The Labute approximate surface area is 195 Å². The van der Waals surface area contributed by atoms with E-state index in [4.69, 9.17) is 0 Å². The molecule has 0 bridgehead atoms. The summed E-state index contributed by atoms with van der Waals surface area (Å²) in [4.78, 5) is 28.4. The first kappa shape index (κ1) is 21.1. The Bertz CT molecular complexity index is 1510. The lowest BCUT2D eigenvalue weighted by Gasteiger charge is -2.10. The highest BCUT2D eigenvalue weighted by Crippen LogP contribution is 2.30. The van der Waals surface area contributed by atoms with Gasteiger partial charge in [0.05, 0.1) is 11.1 Å². The molecule has 0 aliphatic heterocycles. The molecule has 9 heteroatoms. The van der Waals surface area contributed by atoms with Gasteiger partial charge in [-0.25, -0.2) is 9.97 Å². The Morgan fingerprint density at radius 1 is 1.06 bits per heavy atom. The first-order valence-electron chi connectivity index (χ1n) is 10.6. The lowest BCUT2D eigenvalue weighted by atomic mass is 10.1. The van der Waals surface area contributed by atoms with E-state index in [9.17, 15) is 4.79 Å². The van der Waals surface area contributed by atoms with Crippen LogP contribution in [0.25, 0.3) is 33.7 Å². The molecule has 5 rings (SSSR count). The first-order chi connectivity index (χ1) is 16.5. The molecule has 0 aliphatic rings. The second-order valence-electron chi connectivity index (χ2n) is 7.88. The Balaban J connectivity index is 1.44. The van der Waals surface area contributed by atoms with Gasteiger partial charge in [0.1, 0.15) is 23.5 Å². The molecule has 4 aromatic heterocycles. The quantitative estimate of drug-likeness (QED) is 0.326. The van der Waals surface area contributed by atoms with Crippen LogP contribution in [-0.2, 0) is 11.8 Å². The van der Waals surface area contributed by atoms with Gasteiger partial charge >= 0.3 is 0 Å². The third-order valence-corrected chi connectivity index (χ3v) is 5.27. The van der Waals surface area contributed by atoms with E-state index in [-0.39, 0.29) is 5.91 Å². The number of rotatable bonds is 6. The zero-order valence-corrected chi connectivity index (χ0v) is 18.7. The minimum atomic E-state index is -0.265. The average Bonchev–Trinajstić information content (AvgIpc) is 3.46. The van der Waals surface area contributed by atoms with Crippen LogP contribution in [0, 0.1) is 6.92 Å². The summed E-state index contributed by atoms with van der Waals surface area (Å²) in [6.07, 6.45) is 6.44. The normalized spacial score (nSPS) is 10.9. The van der Waals surface area contributed by atoms with Crippen LogP contribution in [0.15, 0.2) is 73.8 Å². The molecule has 0 atom stereocenters. The van der Waals surface area contributed by atoms with Gasteiger partial charge in [0, 0.05) is 42.1 Å². The van der Waals surface area contributed by atoms with Crippen molar-refractivity contribution in [1.82, 2.24) is 29.7 Å². The summed E-state index contributed by atoms with van der Waals surface area (Å²) < 4.78 is 1.75. The van der Waals surface area contributed by atoms with Crippen LogP contribution >= 0.6 is 0 Å². The molecule has 0 saturated heterocycles. The third kappa shape index (κ3) is 4.26. The maximum Gasteiger partial charge on any atom is 0.247 e. The molecule has 168 valence electrons. The highest BCUT2D eigenvalue weighted by molar-refractivity contribution is 5.99. The molecule has 0 saturated carbocycles. The Hall–Kier alpha value is -4.79. The minimum Gasteiger partial charge on any atom is -0.339 e. The number of aryl methyl sites for hydroxylation is 2. The zero-order chi connectivity index (χ0) is 23.7. The number of nitrogens with zero attached hydrogens (tertiary/aromatic N) is 5. The fourth-order valence-corrected chi connectivity index (χ4v) is 3.71. The Morgan fingerprint density at radius 2 is 1.91 bits per heavy atom. The van der Waals surface area contributed by atoms with Crippen molar-refractivity contribution in [2.45, 2.75) is 6.92 Å². The van der Waals surface area contributed by atoms with Crippen molar-refractivity contribution < 1.29 is 4.79 Å². The number of carbonyl (C=O) groups is 1. The summed E-state index contributed by atoms with van der Waals surface area (Å²) in [5.74, 6) is 0.385. The molecule has 1 amide bonds. The summed E-state index contributed by atoms with van der Waals surface area (Å²) in [6.45, 7) is 5.45. The summed E-state index contributed by atoms with van der Waals surface area (Å²) in [5, 5.41) is 11.4. The average molecular weight is 451 g/mol. The molecular formula is C25H22N8O. The van der Waals surface area contributed by atoms with Crippen LogP contribution < -0.4 is 10.6 Å². The van der Waals surface area contributed by atoms with Crippen molar-refractivity contribution in [2.75, 3.05) is 10.6 Å². The van der Waals surface area contributed by atoms with Crippen molar-refractivity contribution in [2.24, 2.45) is 7.05 Å². The largest absolute Gasteiger partial charge is 0.339 e. The standard InChI is InChI=1S/C25H22N8O/c1-4-23(34)29-17-9-15(2)10-18(11-17)30-24-19-12-22(31-25(19)28-14-27-24)16-5-6-20(26-13-16)21-7-8-33(3)32-21/h4-14H,1H2,2-3H3,(H,29,34)(H2,27,28,30,31). The molecule has 4 heterocycles. The van der Waals surface area contributed by atoms with Crippen molar-refractivity contribution in [1.29, 1.82) is 0 Å². The van der Waals surface area contributed by atoms with E-state index in [2.05, 4.69) is 42.2 Å². The van der Waals surface area contributed by atoms with Gasteiger partial charge in [-0.3, -0.25) is 14.5 Å². The van der Waals surface area contributed by atoms with Crippen LogP contribution in [0.3, 0.4) is 0 Å². The SMILES string of the molecule is C=CC(=O)Nc1cc(C)cc(Nc2ncnc3[nH]c(-c4ccc(-c5ccn(C)n5)nc4)cc23)c1. The summed E-state index contributed by atoms with van der Waals surface area (Å²) in [7, 11) is 1.88. The maximum atomic E-state index is 11.7. The molecule has 0 radical (unpaired) electrons. The number of aromatic nitrogens is 6. The highest BCUT2D eigenvalue weighted by Gasteiger charge is 2.12. The lowest BCUT2D eigenvalue weighted by Crippen LogP contribution is -2.07. The third-order valence-electron chi connectivity index (χ3n) is 5.27. The number of fused-ring (bicyclic) bond motifs is 1. The topological polar surface area (TPSA) is 113 Å². The van der Waals surface area contributed by atoms with E-state index < -0.39 is 0 Å². The number of carbonyl (C=O) groups excluding carboxylic acids is 1. The van der Waals surface area contributed by atoms with E-state index in [0.717, 1.165) is 39.3 Å². The lowest BCUT2D eigenvalue weighted by molar-refractivity contribution is -0.111. The fraction of sp³-hybridized carbons (Fsp3) is 0.0800. The number of benzene rings is 1. The number of anilines is 3. The van der Waals surface area contributed by atoms with Crippen LogP contribution in [0.5, 0.6) is 0 Å². The molecule has 5 aromatic rings. The second-order valence-corrected chi connectivity index (χ2v) is 7.88. The van der Waals surface area contributed by atoms with Gasteiger partial charge in [-0.05, 0) is 61.0 Å². The molecule has 0 spiro atoms. The number of pyridine rings is 1. The predicted molar refractivity (Wildman–Crippen MR) is 133 cm³/mol. The first-order valence-corrected chi connectivity index (χ1v) is 10.6. The smallest absolute Gasteiger partial charge is 0.247 e. The maximum absolute atomic E-state index is 11.7. The van der Waals surface area contributed by atoms with Gasteiger partial charge in [0.15, 0.2) is 0 Å². The van der Waals surface area contributed by atoms with E-state index in [1.54, 1.807) is 4.68 Å². The second kappa shape index (κ2) is 8.62. The van der Waals surface area contributed by atoms with Crippen LogP contribution in [-0.4, -0.2) is 35.6 Å². The van der Waals surface area contributed by atoms with Gasteiger partial charge in [0.2, 0.25) is 5.91 Å². The van der Waals surface area contributed by atoms with E-state index >= 15 is 0 Å². The molecule has 0 unspecified atom stereocenters. The van der Waals surface area contributed by atoms with Gasteiger partial charge in [-0.1, -0.05) is 6.58 Å². The number of hydrogen-bond donors (Lipinski definition) is 3. The Kier molecular flexibility index (Phi) is 5.35. The molecule has 0 fully saturated rings. The highest BCUT2D eigenvalue weighted by atomic mass is 16.1. The van der Waals surface area contributed by atoms with Crippen LogP contribution in [0.2, 0.25) is 0 Å². The van der Waals surface area contributed by atoms with Gasteiger partial charge in [-0.2, -0.15) is 5.10 Å². The number of aromatic amines is 1. The van der Waals surface area contributed by atoms with E-state index in [1.165, 1.54) is 12.4 Å². The van der Waals surface area contributed by atoms with Crippen LogP contribution in [0.1, 0.15) is 5.56 Å². The van der Waals surface area contributed by atoms with Crippen molar-refractivity contribution >= 4 is 34.1 Å². The minimum absolute atomic E-state index is 0.265. The molecule has 9 nitrogen and oxygen atoms in total. The Morgan fingerprint density at radius 3 is 2.65 bits per heavy atom. The van der Waals surface area contributed by atoms with Crippen molar-refractivity contribution in [3.05, 3.63) is 79.4 Å². The monoisotopic (exact) mass is 450 g/mol. The van der Waals surface area contributed by atoms with E-state index in [0.29, 0.717) is 17.2 Å². The fourth-order valence-electron chi connectivity index (χ4n) is 3.71. The van der Waals surface area contributed by atoms with Crippen LogP contribution in [0.4, 0.5) is 17.2 Å². The predicted octanol–water partition coefficient (Wildman–Crippen LogP) is 4.60. The van der Waals surface area contributed by atoms with E-state index in [1.807, 2.05) is 68.8 Å². The molecule has 0 aliphatic carbocycles. The van der Waals surface area contributed by atoms with Gasteiger partial charge < -0.3 is 15.6 Å². The summed E-state index contributed by atoms with van der Waals surface area (Å²) >= 11 is 0. The summed E-state index contributed by atoms with van der Waals surface area (Å²) in [5.41, 5.74) is 6.59. The molecule has 34 heavy (non-hydrogen) atoms. The van der Waals surface area contributed by atoms with Gasteiger partial charge in [-0.15, -0.1) is 0 Å². The molecular weight excluding hydrogens is 428 g/mol.